The average Bonchev–Trinajstić information content (AvgIpc) is 3.01. The van der Waals surface area contributed by atoms with Crippen molar-refractivity contribution in [3.63, 3.8) is 0 Å². The lowest BCUT2D eigenvalue weighted by Crippen LogP contribution is -2.32. The lowest BCUT2D eigenvalue weighted by atomic mass is 10.1. The first-order valence-electron chi connectivity index (χ1n) is 7.64. The zero-order valence-corrected chi connectivity index (χ0v) is 15.8. The largest absolute Gasteiger partial charge is 0.416 e. The molecule has 0 aliphatic carbocycles. The smallest absolute Gasteiger partial charge is 0.339 e. The molecule has 3 rings (SSSR count). The fraction of sp³-hybridized carbons (Fsp3) is 0.375. The summed E-state index contributed by atoms with van der Waals surface area (Å²) in [6.07, 6.45) is -0.427. The second-order valence-corrected chi connectivity index (χ2v) is 6.78. The average molecular weight is 456 g/mol. The van der Waals surface area contributed by atoms with Crippen molar-refractivity contribution in [3.05, 3.63) is 52.0 Å². The molecule has 2 aromatic rings. The number of anilines is 1. The zero-order valence-electron chi connectivity index (χ0n) is 13.4. The molecule has 2 heterocycles. The van der Waals surface area contributed by atoms with E-state index in [1.807, 2.05) is 4.90 Å². The quantitative estimate of drug-likeness (QED) is 0.702. The molecule has 1 aliphatic rings. The minimum absolute atomic E-state index is 0. The molecular weight excluding hydrogens is 440 g/mol. The van der Waals surface area contributed by atoms with Crippen LogP contribution in [0.25, 0.3) is 0 Å². The highest BCUT2D eigenvalue weighted by molar-refractivity contribution is 9.10. The summed E-state index contributed by atoms with van der Waals surface area (Å²) in [5.41, 5.74) is -0.703. The Morgan fingerprint density at radius 3 is 2.54 bits per heavy atom. The van der Waals surface area contributed by atoms with Gasteiger partial charge in [-0.3, -0.25) is 0 Å². The molecule has 0 spiro atoms. The van der Waals surface area contributed by atoms with Gasteiger partial charge >= 0.3 is 6.18 Å². The first-order chi connectivity index (χ1) is 11.8. The number of nitrogens with zero attached hydrogens (tertiary/aromatic N) is 3. The number of hydrogen-bond acceptors (Lipinski definition) is 4. The van der Waals surface area contributed by atoms with Gasteiger partial charge in [-0.1, -0.05) is 0 Å². The van der Waals surface area contributed by atoms with Crippen molar-refractivity contribution >= 4 is 34.3 Å². The second kappa shape index (κ2) is 8.49. The number of nitrogens with one attached hydrogen (secondary N) is 1. The van der Waals surface area contributed by atoms with Crippen LogP contribution in [0.1, 0.15) is 17.5 Å². The van der Waals surface area contributed by atoms with E-state index < -0.39 is 17.6 Å². The summed E-state index contributed by atoms with van der Waals surface area (Å²) in [7, 11) is 0. The minimum atomic E-state index is -4.56. The number of alkyl halides is 3. The molecule has 0 saturated carbocycles. The molecule has 0 amide bonds. The van der Waals surface area contributed by atoms with Gasteiger partial charge in [0.15, 0.2) is 0 Å². The molecular formula is C16H16BrClF4N4. The molecule has 10 heteroatoms. The maximum Gasteiger partial charge on any atom is 0.416 e. The standard InChI is InChI=1S/C16H15BrF4N4.ClH/c17-12-7-23-15(24-8-12)25-2-1-14(9-25)22-6-10-3-11(16(19,20)21)5-13(18)4-10;/h3-5,7-8,14,22H,1-2,6,9H2;1H. The van der Waals surface area contributed by atoms with Crippen LogP contribution in [-0.4, -0.2) is 29.1 Å². The van der Waals surface area contributed by atoms with E-state index in [2.05, 4.69) is 31.2 Å². The fourth-order valence-electron chi connectivity index (χ4n) is 2.76. The normalized spacial score (nSPS) is 17.3. The van der Waals surface area contributed by atoms with E-state index in [0.717, 1.165) is 29.6 Å². The molecule has 1 atom stereocenters. The van der Waals surface area contributed by atoms with E-state index in [1.165, 1.54) is 0 Å². The lowest BCUT2D eigenvalue weighted by Gasteiger charge is -2.17. The van der Waals surface area contributed by atoms with Crippen LogP contribution in [0.3, 0.4) is 0 Å². The Labute approximate surface area is 162 Å². The fourth-order valence-corrected chi connectivity index (χ4v) is 2.96. The first-order valence-corrected chi connectivity index (χ1v) is 8.43. The highest BCUT2D eigenvalue weighted by Crippen LogP contribution is 2.30. The third-order valence-electron chi connectivity index (χ3n) is 3.96. The number of benzene rings is 1. The first kappa shape index (κ1) is 20.9. The molecule has 26 heavy (non-hydrogen) atoms. The van der Waals surface area contributed by atoms with Crippen LogP contribution in [-0.2, 0) is 12.7 Å². The molecule has 1 aliphatic heterocycles. The Bertz CT molecular complexity index is 742. The van der Waals surface area contributed by atoms with Gasteiger partial charge in [-0.05, 0) is 46.1 Å². The predicted molar refractivity (Wildman–Crippen MR) is 95.8 cm³/mol. The molecule has 1 aromatic carbocycles. The topological polar surface area (TPSA) is 41.0 Å². The summed E-state index contributed by atoms with van der Waals surface area (Å²) in [5, 5.41) is 3.17. The van der Waals surface area contributed by atoms with Crippen LogP contribution in [0, 0.1) is 5.82 Å². The van der Waals surface area contributed by atoms with E-state index in [0.29, 0.717) is 18.6 Å². The predicted octanol–water partition coefficient (Wildman–Crippen LogP) is 4.19. The summed E-state index contributed by atoms with van der Waals surface area (Å²) in [6.45, 7) is 1.56. The third-order valence-corrected chi connectivity index (χ3v) is 4.37. The third kappa shape index (κ3) is 5.28. The Kier molecular flexibility index (Phi) is 6.81. The van der Waals surface area contributed by atoms with E-state index >= 15 is 0 Å². The molecule has 1 N–H and O–H groups in total. The second-order valence-electron chi connectivity index (χ2n) is 5.86. The monoisotopic (exact) mass is 454 g/mol. The number of aromatic nitrogens is 2. The van der Waals surface area contributed by atoms with E-state index in [-0.39, 0.29) is 30.6 Å². The molecule has 4 nitrogen and oxygen atoms in total. The Balaban J connectivity index is 0.00000243. The molecule has 1 fully saturated rings. The Morgan fingerprint density at radius 1 is 1.19 bits per heavy atom. The molecule has 142 valence electrons. The van der Waals surface area contributed by atoms with E-state index in [1.54, 1.807) is 12.4 Å². The van der Waals surface area contributed by atoms with Crippen LogP contribution >= 0.6 is 28.3 Å². The number of halogens is 6. The molecule has 0 bridgehead atoms. The summed E-state index contributed by atoms with van der Waals surface area (Å²) < 4.78 is 52.4. The van der Waals surface area contributed by atoms with Gasteiger partial charge in [0, 0.05) is 38.1 Å². The van der Waals surface area contributed by atoms with Crippen molar-refractivity contribution in [2.75, 3.05) is 18.0 Å². The van der Waals surface area contributed by atoms with Crippen molar-refractivity contribution < 1.29 is 17.6 Å². The summed E-state index contributed by atoms with van der Waals surface area (Å²) in [4.78, 5) is 10.5. The van der Waals surface area contributed by atoms with E-state index in [9.17, 15) is 17.6 Å². The Hall–Kier alpha value is -1.45. The van der Waals surface area contributed by atoms with Crippen molar-refractivity contribution in [1.29, 1.82) is 0 Å². The van der Waals surface area contributed by atoms with Gasteiger partial charge in [0.1, 0.15) is 5.82 Å². The maximum absolute atomic E-state index is 13.4. The summed E-state index contributed by atoms with van der Waals surface area (Å²) in [6, 6.07) is 2.67. The van der Waals surface area contributed by atoms with Crippen molar-refractivity contribution in [2.24, 2.45) is 0 Å². The van der Waals surface area contributed by atoms with Crippen LogP contribution in [0.4, 0.5) is 23.5 Å². The van der Waals surface area contributed by atoms with Gasteiger partial charge in [-0.15, -0.1) is 12.4 Å². The number of hydrogen-bond donors (Lipinski definition) is 1. The SMILES string of the molecule is Cl.Fc1cc(CNC2CCN(c3ncc(Br)cn3)C2)cc(C(F)(F)F)c1. The maximum atomic E-state index is 13.4. The highest BCUT2D eigenvalue weighted by atomic mass is 79.9. The zero-order chi connectivity index (χ0) is 18.0. The van der Waals surface area contributed by atoms with Crippen molar-refractivity contribution in [2.45, 2.75) is 25.2 Å². The minimum Gasteiger partial charge on any atom is -0.339 e. The van der Waals surface area contributed by atoms with Gasteiger partial charge < -0.3 is 10.2 Å². The van der Waals surface area contributed by atoms with E-state index in [4.69, 9.17) is 0 Å². The van der Waals surface area contributed by atoms with Crippen molar-refractivity contribution in [1.82, 2.24) is 15.3 Å². The van der Waals surface area contributed by atoms with Gasteiger partial charge in [0.25, 0.3) is 0 Å². The molecule has 1 aromatic heterocycles. The van der Waals surface area contributed by atoms with Gasteiger partial charge in [0.05, 0.1) is 10.0 Å². The highest BCUT2D eigenvalue weighted by Gasteiger charge is 2.31. The molecule has 1 unspecified atom stereocenters. The van der Waals surface area contributed by atoms with Crippen LogP contribution in [0.5, 0.6) is 0 Å². The summed E-state index contributed by atoms with van der Waals surface area (Å²) in [5.74, 6) is -0.277. The van der Waals surface area contributed by atoms with Gasteiger partial charge in [-0.2, -0.15) is 13.2 Å². The number of rotatable bonds is 4. The van der Waals surface area contributed by atoms with Crippen molar-refractivity contribution in [3.8, 4) is 0 Å². The van der Waals surface area contributed by atoms with Gasteiger partial charge in [-0.25, -0.2) is 14.4 Å². The molecule has 1 saturated heterocycles. The molecule has 0 radical (unpaired) electrons. The van der Waals surface area contributed by atoms with Crippen LogP contribution < -0.4 is 10.2 Å². The lowest BCUT2D eigenvalue weighted by molar-refractivity contribution is -0.137. The van der Waals surface area contributed by atoms with Crippen LogP contribution in [0.15, 0.2) is 35.1 Å². The summed E-state index contributed by atoms with van der Waals surface area (Å²) >= 11 is 3.28. The van der Waals surface area contributed by atoms with Crippen LogP contribution in [0.2, 0.25) is 0 Å². The Morgan fingerprint density at radius 2 is 1.88 bits per heavy atom. The van der Waals surface area contributed by atoms with Gasteiger partial charge in [0.2, 0.25) is 5.95 Å².